The first-order chi connectivity index (χ1) is 16.4. The van der Waals surface area contributed by atoms with Crippen molar-refractivity contribution in [2.45, 2.75) is 41.5 Å². The summed E-state index contributed by atoms with van der Waals surface area (Å²) < 4.78 is 16.9. The maximum atomic E-state index is 12.9. The summed E-state index contributed by atoms with van der Waals surface area (Å²) in [5.41, 5.74) is 3.15. The number of aryl methyl sites for hydroxylation is 2. The number of aromatic nitrogens is 1. The van der Waals surface area contributed by atoms with Crippen LogP contribution >= 0.6 is 7.94 Å². The summed E-state index contributed by atoms with van der Waals surface area (Å²) in [7, 11) is -2.61. The van der Waals surface area contributed by atoms with E-state index in [1.54, 1.807) is 32.1 Å². The van der Waals surface area contributed by atoms with Crippen molar-refractivity contribution < 1.29 is 28.4 Å². The summed E-state index contributed by atoms with van der Waals surface area (Å²) in [6.07, 6.45) is 3.58. The number of methoxy groups -OCH3 is 1. The van der Waals surface area contributed by atoms with Crippen molar-refractivity contribution in [3.8, 4) is 11.1 Å². The molecule has 1 aromatic heterocycles. The zero-order chi connectivity index (χ0) is 26.3. The van der Waals surface area contributed by atoms with Gasteiger partial charge in [-0.25, -0.2) is 4.79 Å². The molecule has 2 rings (SSSR count). The summed E-state index contributed by atoms with van der Waals surface area (Å²) in [6, 6.07) is 5.81. The second kappa shape index (κ2) is 12.1. The van der Waals surface area contributed by atoms with E-state index in [-0.39, 0.29) is 35.3 Å². The predicted octanol–water partition coefficient (Wildman–Crippen LogP) is 5.41. The van der Waals surface area contributed by atoms with Crippen molar-refractivity contribution in [2.75, 3.05) is 20.3 Å². The van der Waals surface area contributed by atoms with Crippen LogP contribution < -0.4 is 5.30 Å². The number of nitro groups is 1. The highest BCUT2D eigenvalue weighted by Gasteiger charge is 2.50. The Morgan fingerprint density at radius 3 is 2.14 bits per heavy atom. The van der Waals surface area contributed by atoms with Crippen LogP contribution in [-0.4, -0.2) is 41.1 Å². The van der Waals surface area contributed by atoms with E-state index in [9.17, 15) is 19.8 Å². The molecule has 0 amide bonds. The Hall–Kier alpha value is -2.97. The van der Waals surface area contributed by atoms with Crippen LogP contribution in [-0.2, 0) is 13.8 Å². The molecule has 0 atom stereocenters. The number of ether oxygens (including phenoxy) is 1. The van der Waals surface area contributed by atoms with E-state index < -0.39 is 18.8 Å². The molecule has 188 valence electrons. The van der Waals surface area contributed by atoms with Crippen molar-refractivity contribution in [1.29, 1.82) is 0 Å². The highest BCUT2D eigenvalue weighted by Crippen LogP contribution is 2.58. The lowest BCUT2D eigenvalue weighted by Crippen LogP contribution is -2.27. The lowest BCUT2D eigenvalue weighted by molar-refractivity contribution is -0.384. The second-order valence-corrected chi connectivity index (χ2v) is 10.4. The fourth-order valence-electron chi connectivity index (χ4n) is 3.37. The van der Waals surface area contributed by atoms with Crippen LogP contribution in [0.15, 0.2) is 47.6 Å². The Balaban J connectivity index is 2.92. The van der Waals surface area contributed by atoms with Gasteiger partial charge in [0.1, 0.15) is 13.2 Å². The van der Waals surface area contributed by atoms with Crippen molar-refractivity contribution in [1.82, 2.24) is 4.98 Å². The van der Waals surface area contributed by atoms with Gasteiger partial charge in [0.25, 0.3) is 5.69 Å². The summed E-state index contributed by atoms with van der Waals surface area (Å²) >= 11 is 0. The van der Waals surface area contributed by atoms with Crippen molar-refractivity contribution in [3.05, 3.63) is 74.6 Å². The van der Waals surface area contributed by atoms with Gasteiger partial charge >= 0.3 is 13.9 Å². The largest absolute Gasteiger partial charge is 0.465 e. The number of pyridine rings is 1. The van der Waals surface area contributed by atoms with E-state index in [1.165, 1.54) is 25.3 Å². The average molecular weight is 504 g/mol. The summed E-state index contributed by atoms with van der Waals surface area (Å²) in [5.74, 6) is -0.696. The van der Waals surface area contributed by atoms with Crippen molar-refractivity contribution >= 4 is 24.9 Å². The Bertz CT molecular complexity index is 1140. The molecule has 0 saturated heterocycles. The molecule has 0 aliphatic heterocycles. The molecule has 35 heavy (non-hydrogen) atoms. The first-order valence-electron chi connectivity index (χ1n) is 10.9. The number of allylic oxidation sites excluding steroid dienone is 2. The monoisotopic (exact) mass is 503 g/mol. The number of carbonyl (C=O) groups excluding carboxylic acids is 1. The fraction of sp³-hybridized carbons (Fsp3) is 0.360. The lowest BCUT2D eigenvalue weighted by atomic mass is 9.97. The van der Waals surface area contributed by atoms with Gasteiger partial charge in [0.05, 0.1) is 34.5 Å². The van der Waals surface area contributed by atoms with E-state index in [0.29, 0.717) is 17.0 Å². The highest BCUT2D eigenvalue weighted by molar-refractivity contribution is 7.69. The number of esters is 1. The molecule has 1 N–H and O–H groups in total. The van der Waals surface area contributed by atoms with E-state index in [1.807, 2.05) is 27.7 Å². The zero-order valence-corrected chi connectivity index (χ0v) is 22.0. The third kappa shape index (κ3) is 7.02. The maximum Gasteiger partial charge on any atom is 0.449 e. The molecule has 0 spiro atoms. The molecule has 0 fully saturated rings. The number of rotatable bonds is 10. The van der Waals surface area contributed by atoms with Gasteiger partial charge in [-0.3, -0.25) is 15.1 Å². The molecular weight excluding hydrogens is 471 g/mol. The van der Waals surface area contributed by atoms with E-state index in [2.05, 4.69) is 4.98 Å². The van der Waals surface area contributed by atoms with Gasteiger partial charge in [-0.05, 0) is 47.1 Å². The smallest absolute Gasteiger partial charge is 0.449 e. The summed E-state index contributed by atoms with van der Waals surface area (Å²) in [5, 5.41) is 11.7. The van der Waals surface area contributed by atoms with Gasteiger partial charge < -0.3 is 4.74 Å². The number of nitro benzene ring substituents is 1. The van der Waals surface area contributed by atoms with Crippen LogP contribution in [0.4, 0.5) is 5.69 Å². The Morgan fingerprint density at radius 1 is 1.09 bits per heavy atom. The van der Waals surface area contributed by atoms with Crippen LogP contribution in [0.25, 0.3) is 11.1 Å². The summed E-state index contributed by atoms with van der Waals surface area (Å²) in [6.45, 7) is 11.0. The molecule has 0 aliphatic rings. The summed E-state index contributed by atoms with van der Waals surface area (Å²) in [4.78, 5) is 40.2. The zero-order valence-electron chi connectivity index (χ0n) is 21.1. The first-order valence-corrected chi connectivity index (χ1v) is 12.5. The van der Waals surface area contributed by atoms with Crippen LogP contribution in [0.3, 0.4) is 0 Å². The van der Waals surface area contributed by atoms with Gasteiger partial charge in [-0.15, -0.1) is 0 Å². The molecule has 0 bridgehead atoms. The number of hydrogen-bond donors (Lipinski definition) is 1. The average Bonchev–Trinajstić information content (AvgIpc) is 2.77. The third-order valence-corrected chi connectivity index (χ3v) is 7.14. The standard InChI is InChI=1S/C25H32N2O7P/c1-16(2)11-13-33-35(31,34-14-12-17(3)4)24-19(6)26-18(5)22(25(28)32-7)23(24)20-9-8-10-21(15-20)27(29)30/h8-12,15,31H,13-14H2,1-7H3/q+1. The predicted molar refractivity (Wildman–Crippen MR) is 137 cm³/mol. The first kappa shape index (κ1) is 28.3. The minimum Gasteiger partial charge on any atom is -0.465 e. The molecule has 10 heteroatoms. The molecule has 0 aliphatic carbocycles. The van der Waals surface area contributed by atoms with Gasteiger partial charge in [0.2, 0.25) is 5.30 Å². The normalized spacial score (nSPS) is 11.1. The van der Waals surface area contributed by atoms with Crippen LogP contribution in [0, 0.1) is 24.0 Å². The SMILES string of the molecule is COC(=O)c1c(C)nc(C)c([P+](O)(OCC=C(C)C)OCC=C(C)C)c1-c1cccc([N+](=O)[O-])c1. The molecule has 9 nitrogen and oxygen atoms in total. The van der Waals surface area contributed by atoms with Gasteiger partial charge in [-0.2, -0.15) is 13.9 Å². The Labute approximate surface area is 206 Å². The number of benzene rings is 1. The molecule has 2 aromatic rings. The molecule has 0 saturated carbocycles. The second-order valence-electron chi connectivity index (χ2n) is 8.36. The van der Waals surface area contributed by atoms with Gasteiger partial charge in [0.15, 0.2) is 0 Å². The van der Waals surface area contributed by atoms with Crippen LogP contribution in [0.1, 0.15) is 49.4 Å². The van der Waals surface area contributed by atoms with Crippen LogP contribution in [0.5, 0.6) is 0 Å². The Kier molecular flexibility index (Phi) is 9.80. The molecular formula is C25H32N2O7P+. The quantitative estimate of drug-likeness (QED) is 0.150. The van der Waals surface area contributed by atoms with Crippen LogP contribution in [0.2, 0.25) is 0 Å². The topological polar surface area (TPSA) is 121 Å². The molecule has 1 heterocycles. The van der Waals surface area contributed by atoms with Crippen molar-refractivity contribution in [3.63, 3.8) is 0 Å². The van der Waals surface area contributed by atoms with Gasteiger partial charge in [-0.1, -0.05) is 35.4 Å². The molecule has 0 radical (unpaired) electrons. The maximum absolute atomic E-state index is 12.9. The van der Waals surface area contributed by atoms with Crippen molar-refractivity contribution in [2.24, 2.45) is 0 Å². The minimum atomic E-state index is -3.84. The number of hydrogen-bond acceptors (Lipinski definition) is 8. The minimum absolute atomic E-state index is 0.0523. The number of non-ortho nitro benzene ring substituents is 1. The highest BCUT2D eigenvalue weighted by atomic mass is 31.2. The number of nitrogens with zero attached hydrogens (tertiary/aromatic N) is 2. The molecule has 0 unspecified atom stereocenters. The van der Waals surface area contributed by atoms with E-state index >= 15 is 0 Å². The lowest BCUT2D eigenvalue weighted by Gasteiger charge is -2.22. The third-order valence-electron chi connectivity index (χ3n) is 5.03. The molecule has 1 aromatic carbocycles. The van der Waals surface area contributed by atoms with E-state index in [0.717, 1.165) is 11.1 Å². The van der Waals surface area contributed by atoms with E-state index in [4.69, 9.17) is 13.8 Å². The van der Waals surface area contributed by atoms with Gasteiger partial charge in [0, 0.05) is 12.1 Å². The number of carbonyl (C=O) groups is 1. The fourth-order valence-corrected chi connectivity index (χ4v) is 5.24. The Morgan fingerprint density at radius 2 is 1.66 bits per heavy atom.